The number of quaternary nitrogens is 1. The Balaban J connectivity index is 4.17. The van der Waals surface area contributed by atoms with Crippen LogP contribution in [0.15, 0.2) is 12.2 Å². The highest BCUT2D eigenvalue weighted by Crippen LogP contribution is 2.16. The molecule has 0 amide bonds. The Morgan fingerprint density at radius 1 is 0.500 bits per heavy atom. The molecular formula is C50H96NO7+. The monoisotopic (exact) mass is 823 g/mol. The molecule has 58 heavy (non-hydrogen) atoms. The molecule has 0 saturated heterocycles. The van der Waals surface area contributed by atoms with E-state index in [1.54, 1.807) is 0 Å². The third-order valence-electron chi connectivity index (χ3n) is 11.4. The lowest BCUT2D eigenvalue weighted by Gasteiger charge is -2.31. The van der Waals surface area contributed by atoms with Gasteiger partial charge in [0.05, 0.1) is 34.4 Å². The van der Waals surface area contributed by atoms with Crippen molar-refractivity contribution in [1.82, 2.24) is 0 Å². The number of carbonyl (C=O) groups is 3. The van der Waals surface area contributed by atoms with Crippen molar-refractivity contribution in [3.8, 4) is 0 Å². The van der Waals surface area contributed by atoms with Crippen molar-refractivity contribution in [3.63, 3.8) is 0 Å². The van der Waals surface area contributed by atoms with Crippen LogP contribution in [0.3, 0.4) is 0 Å². The minimum Gasteiger partial charge on any atom is -0.477 e. The summed E-state index contributed by atoms with van der Waals surface area (Å²) >= 11 is 0. The standard InChI is InChI=1S/C50H95NO7/c1-6-8-10-12-14-16-18-19-20-21-22-23-24-25-26-27-28-29-31-33-35-37-39-41-49(53)58-46(44-56-43-42-47(50(54)55)51(3,4)5)45-57-48(52)40-38-36-34-32-30-17-15-13-11-9-7-2/h25-26,46-47H,6-24,27-45H2,1-5H3/p+1/b26-25+. The van der Waals surface area contributed by atoms with Gasteiger partial charge in [0.1, 0.15) is 6.61 Å². The number of allylic oxidation sites excluding steroid dienone is 2. The van der Waals surface area contributed by atoms with E-state index in [1.165, 1.54) is 167 Å². The van der Waals surface area contributed by atoms with Gasteiger partial charge in [-0.1, -0.05) is 193 Å². The lowest BCUT2D eigenvalue weighted by atomic mass is 10.0. The Hall–Kier alpha value is -1.93. The number of likely N-dealkylation sites (N-methyl/N-ethyl adjacent to an activating group) is 1. The first-order chi connectivity index (χ1) is 28.1. The number of ether oxygens (including phenoxy) is 3. The Morgan fingerprint density at radius 2 is 0.862 bits per heavy atom. The maximum Gasteiger partial charge on any atom is 0.362 e. The molecule has 0 bridgehead atoms. The highest BCUT2D eigenvalue weighted by Gasteiger charge is 2.31. The van der Waals surface area contributed by atoms with Crippen LogP contribution in [0, 0.1) is 0 Å². The van der Waals surface area contributed by atoms with Gasteiger partial charge < -0.3 is 23.8 Å². The van der Waals surface area contributed by atoms with Gasteiger partial charge in [0.25, 0.3) is 0 Å². The van der Waals surface area contributed by atoms with Gasteiger partial charge in [-0.2, -0.15) is 0 Å². The number of carboxylic acid groups (broad SMARTS) is 1. The number of hydrogen-bond donors (Lipinski definition) is 1. The number of unbranched alkanes of at least 4 members (excludes halogenated alkanes) is 29. The van der Waals surface area contributed by atoms with Gasteiger partial charge in [0.2, 0.25) is 0 Å². The highest BCUT2D eigenvalue weighted by atomic mass is 16.6. The van der Waals surface area contributed by atoms with E-state index in [1.807, 2.05) is 21.1 Å². The Labute approximate surface area is 359 Å². The number of aliphatic carboxylic acids is 1. The molecule has 0 rings (SSSR count). The quantitative estimate of drug-likeness (QED) is 0.0283. The summed E-state index contributed by atoms with van der Waals surface area (Å²) in [4.78, 5) is 37.0. The molecule has 0 spiro atoms. The van der Waals surface area contributed by atoms with Crippen LogP contribution in [0.25, 0.3) is 0 Å². The molecule has 8 heteroatoms. The molecule has 8 nitrogen and oxygen atoms in total. The van der Waals surface area contributed by atoms with Gasteiger partial charge in [-0.05, 0) is 38.5 Å². The molecule has 0 radical (unpaired) electrons. The summed E-state index contributed by atoms with van der Waals surface area (Å²) in [5.74, 6) is -1.46. The molecule has 0 saturated carbocycles. The van der Waals surface area contributed by atoms with E-state index in [-0.39, 0.29) is 36.2 Å². The van der Waals surface area contributed by atoms with Gasteiger partial charge in [-0.15, -0.1) is 0 Å². The van der Waals surface area contributed by atoms with Gasteiger partial charge in [-0.3, -0.25) is 9.59 Å². The fourth-order valence-corrected chi connectivity index (χ4v) is 7.56. The summed E-state index contributed by atoms with van der Waals surface area (Å²) in [5.41, 5.74) is 0. The van der Waals surface area contributed by atoms with Gasteiger partial charge in [-0.25, -0.2) is 4.79 Å². The van der Waals surface area contributed by atoms with Crippen molar-refractivity contribution in [1.29, 1.82) is 0 Å². The third-order valence-corrected chi connectivity index (χ3v) is 11.4. The van der Waals surface area contributed by atoms with E-state index in [0.717, 1.165) is 38.5 Å². The molecule has 0 aromatic carbocycles. The van der Waals surface area contributed by atoms with E-state index in [0.29, 0.717) is 19.3 Å². The molecule has 0 aliphatic rings. The molecule has 0 aromatic heterocycles. The van der Waals surface area contributed by atoms with E-state index >= 15 is 0 Å². The van der Waals surface area contributed by atoms with Crippen LogP contribution in [0.2, 0.25) is 0 Å². The lowest BCUT2D eigenvalue weighted by molar-refractivity contribution is -0.887. The summed E-state index contributed by atoms with van der Waals surface area (Å²) in [6.07, 6.45) is 45.5. The van der Waals surface area contributed by atoms with Crippen LogP contribution < -0.4 is 0 Å². The zero-order valence-electron chi connectivity index (χ0n) is 39.0. The van der Waals surface area contributed by atoms with Crippen molar-refractivity contribution in [2.24, 2.45) is 0 Å². The second-order valence-electron chi connectivity index (χ2n) is 18.1. The predicted molar refractivity (Wildman–Crippen MR) is 243 cm³/mol. The van der Waals surface area contributed by atoms with Crippen LogP contribution >= 0.6 is 0 Å². The molecule has 0 aliphatic heterocycles. The first kappa shape index (κ1) is 56.1. The fraction of sp³-hybridized carbons (Fsp3) is 0.900. The predicted octanol–water partition coefficient (Wildman–Crippen LogP) is 13.9. The summed E-state index contributed by atoms with van der Waals surface area (Å²) in [7, 11) is 5.54. The summed E-state index contributed by atoms with van der Waals surface area (Å²) in [6, 6.07) is -0.611. The number of esters is 2. The van der Waals surface area contributed by atoms with E-state index in [2.05, 4.69) is 26.0 Å². The SMILES string of the molecule is CCCCCCCCCCCCCC/C=C/CCCCCCCCCC(=O)OC(COCCC(C(=O)O)[N+](C)(C)C)COC(=O)CCCCCCCCCCCCC. The van der Waals surface area contributed by atoms with Crippen LogP contribution in [0.4, 0.5) is 0 Å². The number of nitrogens with zero attached hydrogens (tertiary/aromatic N) is 1. The molecule has 2 unspecified atom stereocenters. The Morgan fingerprint density at radius 3 is 1.24 bits per heavy atom. The average molecular weight is 823 g/mol. The van der Waals surface area contributed by atoms with Crippen LogP contribution in [0.1, 0.15) is 239 Å². The summed E-state index contributed by atoms with van der Waals surface area (Å²) < 4.78 is 17.3. The molecule has 0 fully saturated rings. The summed E-state index contributed by atoms with van der Waals surface area (Å²) in [5, 5.41) is 9.63. The van der Waals surface area contributed by atoms with Crippen LogP contribution in [-0.4, -0.2) is 80.6 Å². The van der Waals surface area contributed by atoms with Crippen molar-refractivity contribution < 1.29 is 38.2 Å². The second kappa shape index (κ2) is 41.8. The fourth-order valence-electron chi connectivity index (χ4n) is 7.56. The van der Waals surface area contributed by atoms with Crippen LogP contribution in [0.5, 0.6) is 0 Å². The largest absolute Gasteiger partial charge is 0.477 e. The maximum atomic E-state index is 12.8. The third kappa shape index (κ3) is 39.5. The minimum absolute atomic E-state index is 0.0467. The zero-order valence-corrected chi connectivity index (χ0v) is 39.0. The van der Waals surface area contributed by atoms with Gasteiger partial charge >= 0.3 is 17.9 Å². The van der Waals surface area contributed by atoms with Gasteiger partial charge in [0, 0.05) is 19.3 Å². The van der Waals surface area contributed by atoms with E-state index in [9.17, 15) is 19.5 Å². The molecule has 1 N–H and O–H groups in total. The van der Waals surface area contributed by atoms with E-state index < -0.39 is 18.1 Å². The van der Waals surface area contributed by atoms with E-state index in [4.69, 9.17) is 14.2 Å². The normalized spacial score (nSPS) is 12.9. The summed E-state index contributed by atoms with van der Waals surface area (Å²) in [6.45, 7) is 4.76. The Kier molecular flexibility index (Phi) is 40.4. The molecule has 0 aliphatic carbocycles. The average Bonchev–Trinajstić information content (AvgIpc) is 3.18. The topological polar surface area (TPSA) is 99.1 Å². The smallest absolute Gasteiger partial charge is 0.362 e. The van der Waals surface area contributed by atoms with Crippen molar-refractivity contribution >= 4 is 17.9 Å². The lowest BCUT2D eigenvalue weighted by Crippen LogP contribution is -2.50. The molecule has 0 heterocycles. The maximum absolute atomic E-state index is 12.8. The number of hydrogen-bond acceptors (Lipinski definition) is 6. The van der Waals surface area contributed by atoms with Gasteiger partial charge in [0.15, 0.2) is 12.1 Å². The Bertz CT molecular complexity index is 962. The first-order valence-electron chi connectivity index (χ1n) is 24.7. The van der Waals surface area contributed by atoms with Crippen LogP contribution in [-0.2, 0) is 28.6 Å². The minimum atomic E-state index is -0.872. The molecule has 0 aromatic rings. The highest BCUT2D eigenvalue weighted by molar-refractivity contribution is 5.72. The second-order valence-corrected chi connectivity index (χ2v) is 18.1. The first-order valence-corrected chi connectivity index (χ1v) is 24.7. The number of carbonyl (C=O) groups excluding carboxylic acids is 2. The molecule has 2 atom stereocenters. The number of rotatable bonds is 45. The molecular weight excluding hydrogens is 727 g/mol. The zero-order chi connectivity index (χ0) is 42.8. The number of carboxylic acids is 1. The van der Waals surface area contributed by atoms with Crippen molar-refractivity contribution in [2.75, 3.05) is 41.0 Å². The van der Waals surface area contributed by atoms with Crippen molar-refractivity contribution in [3.05, 3.63) is 12.2 Å². The van der Waals surface area contributed by atoms with Crippen molar-refractivity contribution in [2.45, 2.75) is 251 Å². The molecule has 342 valence electrons.